The molecule has 0 aliphatic rings. The van der Waals surface area contributed by atoms with Gasteiger partial charge in [-0.3, -0.25) is 4.79 Å². The number of rotatable bonds is 16. The average Bonchev–Trinajstić information content (AvgIpc) is 2.79. The molecule has 0 unspecified atom stereocenters. The highest BCUT2D eigenvalue weighted by molar-refractivity contribution is 7.90. The highest BCUT2D eigenvalue weighted by Gasteiger charge is 2.31. The van der Waals surface area contributed by atoms with Crippen LogP contribution in [0, 0.1) is 0 Å². The van der Waals surface area contributed by atoms with E-state index in [1.165, 1.54) is 24.3 Å². The Bertz CT molecular complexity index is 856. The van der Waals surface area contributed by atoms with E-state index in [1.54, 1.807) is 7.11 Å². The number of alkyl halides is 3. The normalized spacial score (nSPS) is 13.4. The number of benzene rings is 1. The van der Waals surface area contributed by atoms with E-state index in [0.29, 0.717) is 19.8 Å². The van der Waals surface area contributed by atoms with Gasteiger partial charge in [0.25, 0.3) is 5.91 Å². The number of sulfone groups is 1. The van der Waals surface area contributed by atoms with E-state index in [-0.39, 0.29) is 30.3 Å². The van der Waals surface area contributed by atoms with E-state index in [0.717, 1.165) is 6.26 Å². The topological polar surface area (TPSA) is 126 Å². The number of ether oxygens (including phenoxy) is 5. The summed E-state index contributed by atoms with van der Waals surface area (Å²) in [5.74, 6) is -0.901. The van der Waals surface area contributed by atoms with Gasteiger partial charge in [0.15, 0.2) is 20.8 Å². The van der Waals surface area contributed by atoms with E-state index < -0.39 is 45.6 Å². The Morgan fingerprint density at radius 2 is 1.56 bits per heavy atom. The third-order valence-corrected chi connectivity index (χ3v) is 5.69. The van der Waals surface area contributed by atoms with Gasteiger partial charge in [-0.25, -0.2) is 17.6 Å². The van der Waals surface area contributed by atoms with Crippen LogP contribution in [-0.2, 0) is 38.3 Å². The fraction of sp³-hybridized carbons (Fsp3) is 0.600. The minimum absolute atomic E-state index is 0.00309. The van der Waals surface area contributed by atoms with Crippen LogP contribution in [0.15, 0.2) is 29.2 Å². The van der Waals surface area contributed by atoms with Crippen LogP contribution in [0.4, 0.5) is 9.18 Å². The van der Waals surface area contributed by atoms with Crippen molar-refractivity contribution in [1.82, 2.24) is 5.32 Å². The van der Waals surface area contributed by atoms with Gasteiger partial charge in [0, 0.05) is 13.4 Å². The zero-order valence-corrected chi connectivity index (χ0v) is 21.0. The second-order valence-electron chi connectivity index (χ2n) is 6.77. The van der Waals surface area contributed by atoms with Gasteiger partial charge in [0.1, 0.15) is 13.3 Å². The minimum atomic E-state index is -3.49. The third-order valence-electron chi connectivity index (χ3n) is 4.17. The molecule has 0 aliphatic heterocycles. The van der Waals surface area contributed by atoms with Gasteiger partial charge < -0.3 is 29.0 Å². The largest absolute Gasteiger partial charge is 0.509 e. The van der Waals surface area contributed by atoms with Crippen molar-refractivity contribution in [2.75, 3.05) is 59.7 Å². The van der Waals surface area contributed by atoms with E-state index in [2.05, 4.69) is 5.32 Å². The first-order chi connectivity index (χ1) is 16.1. The van der Waals surface area contributed by atoms with Crippen molar-refractivity contribution in [2.24, 2.45) is 0 Å². The first kappa shape index (κ1) is 30.3. The van der Waals surface area contributed by atoms with Gasteiger partial charge in [-0.2, -0.15) is 0 Å². The summed E-state index contributed by atoms with van der Waals surface area (Å²) in [6.07, 6.45) is -1.50. The van der Waals surface area contributed by atoms with E-state index in [4.69, 9.17) is 46.9 Å². The Morgan fingerprint density at radius 3 is 2.06 bits per heavy atom. The molecule has 0 aliphatic carbocycles. The molecule has 1 N–H and O–H groups in total. The smallest absolute Gasteiger partial charge is 0.432 e. The molecule has 0 saturated carbocycles. The molecule has 0 aromatic heterocycles. The van der Waals surface area contributed by atoms with Crippen LogP contribution in [0.2, 0.25) is 0 Å². The Balaban J connectivity index is 2.75. The summed E-state index contributed by atoms with van der Waals surface area (Å²) >= 11 is 11.0. The molecule has 0 saturated heterocycles. The lowest BCUT2D eigenvalue weighted by Crippen LogP contribution is -2.44. The highest BCUT2D eigenvalue weighted by Crippen LogP contribution is 2.25. The summed E-state index contributed by atoms with van der Waals surface area (Å²) in [4.78, 5) is 22.5. The first-order valence-corrected chi connectivity index (χ1v) is 12.8. The summed E-state index contributed by atoms with van der Waals surface area (Å²) in [5.41, 5.74) is 0.206. The third kappa shape index (κ3) is 11.6. The van der Waals surface area contributed by atoms with Crippen LogP contribution >= 0.6 is 23.2 Å². The molecule has 1 rings (SSSR count). The molecule has 0 fully saturated rings. The average molecular weight is 548 g/mol. The molecule has 0 spiro atoms. The quantitative estimate of drug-likeness (QED) is 0.188. The zero-order chi connectivity index (χ0) is 25.6. The van der Waals surface area contributed by atoms with Gasteiger partial charge in [-0.15, -0.1) is 0 Å². The Hall–Kier alpha value is -1.70. The fourth-order valence-corrected chi connectivity index (χ4v) is 3.27. The number of carbonyl (C=O) groups is 2. The zero-order valence-electron chi connectivity index (χ0n) is 18.7. The lowest BCUT2D eigenvalue weighted by Gasteiger charge is -2.26. The van der Waals surface area contributed by atoms with Crippen LogP contribution in [-0.4, -0.2) is 91.0 Å². The van der Waals surface area contributed by atoms with Crippen molar-refractivity contribution in [3.8, 4) is 0 Å². The van der Waals surface area contributed by atoms with Crippen LogP contribution < -0.4 is 5.32 Å². The second-order valence-corrected chi connectivity index (χ2v) is 9.88. The van der Waals surface area contributed by atoms with Crippen LogP contribution in [0.5, 0.6) is 0 Å². The number of methoxy groups -OCH3 is 1. The lowest BCUT2D eigenvalue weighted by atomic mass is 10.0. The molecule has 10 nitrogen and oxygen atoms in total. The molecular weight excluding hydrogens is 520 g/mol. The van der Waals surface area contributed by atoms with Gasteiger partial charge in [0.05, 0.1) is 44.0 Å². The Morgan fingerprint density at radius 1 is 1.00 bits per heavy atom. The number of hydrogen-bond donors (Lipinski definition) is 1. The van der Waals surface area contributed by atoms with Gasteiger partial charge in [-0.05, 0) is 17.7 Å². The van der Waals surface area contributed by atoms with E-state index in [9.17, 15) is 22.4 Å². The maximum absolute atomic E-state index is 13.8. The summed E-state index contributed by atoms with van der Waals surface area (Å²) < 4.78 is 62.6. The van der Waals surface area contributed by atoms with Crippen LogP contribution in [0.1, 0.15) is 11.7 Å². The molecule has 14 heteroatoms. The minimum Gasteiger partial charge on any atom is -0.432 e. The standard InChI is InChI=1S/C20H28Cl2FNO9S/c1-29-7-8-30-9-10-31-11-12-32-20(26)33-17(16(13-23)24-19(25)18(21)22)14-3-5-15(6-4-14)34(2,27)28/h3-6,16-18H,7-13H2,1-2H3,(H,24,25)/t16-,17-/m1/s1. The molecular formula is C20H28Cl2FNO9S. The van der Waals surface area contributed by atoms with Gasteiger partial charge in [0.2, 0.25) is 0 Å². The fourth-order valence-electron chi connectivity index (χ4n) is 2.51. The predicted molar refractivity (Wildman–Crippen MR) is 122 cm³/mol. The number of hydrogen-bond acceptors (Lipinski definition) is 9. The summed E-state index contributed by atoms with van der Waals surface area (Å²) in [7, 11) is -1.93. The number of carbonyl (C=O) groups excluding carboxylic acids is 2. The van der Waals surface area contributed by atoms with Crippen molar-refractivity contribution < 1.29 is 46.1 Å². The lowest BCUT2D eigenvalue weighted by molar-refractivity contribution is -0.121. The van der Waals surface area contributed by atoms with Crippen molar-refractivity contribution in [3.05, 3.63) is 29.8 Å². The van der Waals surface area contributed by atoms with Crippen molar-refractivity contribution in [3.63, 3.8) is 0 Å². The van der Waals surface area contributed by atoms with Crippen molar-refractivity contribution in [1.29, 1.82) is 0 Å². The predicted octanol–water partition coefficient (Wildman–Crippen LogP) is 2.22. The molecule has 0 bridgehead atoms. The van der Waals surface area contributed by atoms with Gasteiger partial charge >= 0.3 is 6.16 Å². The van der Waals surface area contributed by atoms with Crippen LogP contribution in [0.25, 0.3) is 0 Å². The molecule has 1 aromatic rings. The van der Waals surface area contributed by atoms with Crippen molar-refractivity contribution in [2.45, 2.75) is 21.9 Å². The molecule has 194 valence electrons. The Labute approximate surface area is 207 Å². The molecule has 1 amide bonds. The maximum Gasteiger partial charge on any atom is 0.509 e. The molecule has 0 radical (unpaired) electrons. The summed E-state index contributed by atoms with van der Waals surface area (Å²) in [6, 6.07) is 3.81. The monoisotopic (exact) mass is 547 g/mol. The highest BCUT2D eigenvalue weighted by atomic mass is 35.5. The molecule has 34 heavy (non-hydrogen) atoms. The molecule has 1 aromatic carbocycles. The van der Waals surface area contributed by atoms with E-state index >= 15 is 0 Å². The number of amides is 1. The Kier molecular flexibility index (Phi) is 14.3. The molecule has 2 atom stereocenters. The van der Waals surface area contributed by atoms with E-state index in [1.807, 2.05) is 0 Å². The molecule has 0 heterocycles. The maximum atomic E-state index is 13.8. The van der Waals surface area contributed by atoms with Gasteiger partial charge in [-0.1, -0.05) is 35.3 Å². The number of halogens is 3. The first-order valence-electron chi connectivity index (χ1n) is 10.0. The number of nitrogens with one attached hydrogen (secondary N) is 1. The summed E-state index contributed by atoms with van der Waals surface area (Å²) in [6.45, 7) is 0.239. The summed E-state index contributed by atoms with van der Waals surface area (Å²) in [5, 5.41) is 2.24. The van der Waals surface area contributed by atoms with Crippen molar-refractivity contribution >= 4 is 45.1 Å². The second kappa shape index (κ2) is 16.1. The SMILES string of the molecule is COCCOCCOCCOC(=O)O[C@H](c1ccc(S(C)(=O)=O)cc1)[C@@H](CF)NC(=O)C(Cl)Cl. The van der Waals surface area contributed by atoms with Crippen LogP contribution in [0.3, 0.4) is 0 Å².